The third-order valence-electron chi connectivity index (χ3n) is 2.72. The molecule has 0 amide bonds. The van der Waals surface area contributed by atoms with Gasteiger partial charge in [0, 0.05) is 26.3 Å². The summed E-state index contributed by atoms with van der Waals surface area (Å²) in [4.78, 5) is 0.161. The summed E-state index contributed by atoms with van der Waals surface area (Å²) in [6, 6.07) is 7.48. The maximum atomic E-state index is 12.0. The van der Waals surface area contributed by atoms with Crippen LogP contribution in [0.1, 0.15) is 11.1 Å². The predicted octanol–water partition coefficient (Wildman–Crippen LogP) is 0.357. The molecule has 1 heterocycles. The van der Waals surface area contributed by atoms with Crippen molar-refractivity contribution in [2.24, 2.45) is 12.8 Å². The minimum absolute atomic E-state index is 0.161. The van der Waals surface area contributed by atoms with Crippen LogP contribution in [0.2, 0.25) is 0 Å². The topological polar surface area (TPSA) is 90.0 Å². The van der Waals surface area contributed by atoms with Gasteiger partial charge >= 0.3 is 0 Å². The van der Waals surface area contributed by atoms with Gasteiger partial charge in [0.25, 0.3) is 0 Å². The summed E-state index contributed by atoms with van der Waals surface area (Å²) in [5, 5.41) is 3.84. The second kappa shape index (κ2) is 5.52. The van der Waals surface area contributed by atoms with E-state index in [-0.39, 0.29) is 11.4 Å². The molecule has 102 valence electrons. The Balaban J connectivity index is 2.05. The van der Waals surface area contributed by atoms with Gasteiger partial charge in [-0.05, 0) is 11.1 Å². The van der Waals surface area contributed by atoms with E-state index >= 15 is 0 Å². The van der Waals surface area contributed by atoms with Gasteiger partial charge in [-0.3, -0.25) is 4.68 Å². The van der Waals surface area contributed by atoms with Gasteiger partial charge in [0.05, 0.1) is 6.20 Å². The number of benzene rings is 1. The van der Waals surface area contributed by atoms with Crippen molar-refractivity contribution in [1.82, 2.24) is 14.5 Å². The molecule has 7 heteroatoms. The molecule has 6 nitrogen and oxygen atoms in total. The van der Waals surface area contributed by atoms with Gasteiger partial charge in [-0.1, -0.05) is 24.3 Å². The molecule has 0 bridgehead atoms. The van der Waals surface area contributed by atoms with E-state index in [1.54, 1.807) is 7.05 Å². The molecule has 0 spiro atoms. The number of nitrogens with zero attached hydrogens (tertiary/aromatic N) is 2. The van der Waals surface area contributed by atoms with E-state index in [4.69, 9.17) is 5.73 Å². The molecular formula is C12H16N4O2S. The van der Waals surface area contributed by atoms with Crippen LogP contribution in [0, 0.1) is 0 Å². The Morgan fingerprint density at radius 2 is 1.89 bits per heavy atom. The summed E-state index contributed by atoms with van der Waals surface area (Å²) in [5.74, 6) is 0. The maximum absolute atomic E-state index is 12.0. The SMILES string of the molecule is Cn1cc(S(=O)(=O)NCc2ccc(CN)cc2)cn1. The van der Waals surface area contributed by atoms with E-state index in [2.05, 4.69) is 9.82 Å². The monoisotopic (exact) mass is 280 g/mol. The molecule has 0 aliphatic heterocycles. The molecule has 0 radical (unpaired) electrons. The van der Waals surface area contributed by atoms with Crippen LogP contribution in [0.3, 0.4) is 0 Å². The molecule has 0 aliphatic carbocycles. The van der Waals surface area contributed by atoms with Crippen LogP contribution in [0.5, 0.6) is 0 Å². The zero-order valence-corrected chi connectivity index (χ0v) is 11.4. The highest BCUT2D eigenvalue weighted by molar-refractivity contribution is 7.89. The Bertz CT molecular complexity index is 647. The van der Waals surface area contributed by atoms with Gasteiger partial charge in [-0.25, -0.2) is 13.1 Å². The average molecular weight is 280 g/mol. The van der Waals surface area contributed by atoms with Crippen LogP contribution >= 0.6 is 0 Å². The van der Waals surface area contributed by atoms with Crippen LogP contribution in [0.25, 0.3) is 0 Å². The number of nitrogens with two attached hydrogens (primary N) is 1. The van der Waals surface area contributed by atoms with Crippen LogP contribution in [-0.4, -0.2) is 18.2 Å². The second-order valence-electron chi connectivity index (χ2n) is 4.19. The minimum Gasteiger partial charge on any atom is -0.326 e. The summed E-state index contributed by atoms with van der Waals surface area (Å²) >= 11 is 0. The molecule has 0 saturated carbocycles. The molecule has 0 aliphatic rings. The van der Waals surface area contributed by atoms with E-state index in [1.165, 1.54) is 17.1 Å². The van der Waals surface area contributed by atoms with Crippen molar-refractivity contribution < 1.29 is 8.42 Å². The van der Waals surface area contributed by atoms with Crippen molar-refractivity contribution in [1.29, 1.82) is 0 Å². The lowest BCUT2D eigenvalue weighted by molar-refractivity contribution is 0.581. The van der Waals surface area contributed by atoms with Gasteiger partial charge in [0.2, 0.25) is 10.0 Å². The van der Waals surface area contributed by atoms with Gasteiger partial charge < -0.3 is 5.73 Å². The Morgan fingerprint density at radius 3 is 2.42 bits per heavy atom. The molecule has 0 unspecified atom stereocenters. The Labute approximate surface area is 112 Å². The third kappa shape index (κ3) is 3.40. The third-order valence-corrected chi connectivity index (χ3v) is 4.07. The quantitative estimate of drug-likeness (QED) is 0.827. The van der Waals surface area contributed by atoms with Crippen molar-refractivity contribution in [2.45, 2.75) is 18.0 Å². The molecular weight excluding hydrogens is 264 g/mol. The first-order valence-electron chi connectivity index (χ1n) is 5.77. The highest BCUT2D eigenvalue weighted by Crippen LogP contribution is 2.08. The largest absolute Gasteiger partial charge is 0.326 e. The van der Waals surface area contributed by atoms with Crippen molar-refractivity contribution in [2.75, 3.05) is 0 Å². The highest BCUT2D eigenvalue weighted by Gasteiger charge is 2.15. The molecule has 3 N–H and O–H groups in total. The van der Waals surface area contributed by atoms with Gasteiger partial charge in [0.15, 0.2) is 0 Å². The Hall–Kier alpha value is -1.70. The summed E-state index contributed by atoms with van der Waals surface area (Å²) in [5.41, 5.74) is 7.39. The number of aromatic nitrogens is 2. The number of nitrogens with one attached hydrogen (secondary N) is 1. The number of sulfonamides is 1. The molecule has 1 aromatic carbocycles. The highest BCUT2D eigenvalue weighted by atomic mass is 32.2. The fraction of sp³-hybridized carbons (Fsp3) is 0.250. The number of aryl methyl sites for hydroxylation is 1. The molecule has 0 atom stereocenters. The van der Waals surface area contributed by atoms with E-state index in [1.807, 2.05) is 24.3 Å². The zero-order valence-electron chi connectivity index (χ0n) is 10.6. The van der Waals surface area contributed by atoms with Crippen molar-refractivity contribution in [3.05, 3.63) is 47.8 Å². The van der Waals surface area contributed by atoms with Crippen molar-refractivity contribution >= 4 is 10.0 Å². The van der Waals surface area contributed by atoms with Gasteiger partial charge in [0.1, 0.15) is 4.90 Å². The number of rotatable bonds is 5. The van der Waals surface area contributed by atoms with Crippen molar-refractivity contribution in [3.8, 4) is 0 Å². The zero-order chi connectivity index (χ0) is 13.9. The summed E-state index contributed by atoms with van der Waals surface area (Å²) in [7, 11) is -1.84. The van der Waals surface area contributed by atoms with Crippen LogP contribution in [0.15, 0.2) is 41.6 Å². The lowest BCUT2D eigenvalue weighted by Gasteiger charge is -2.05. The van der Waals surface area contributed by atoms with E-state index < -0.39 is 10.0 Å². The molecule has 0 saturated heterocycles. The normalized spacial score (nSPS) is 11.7. The summed E-state index contributed by atoms with van der Waals surface area (Å²) < 4.78 is 27.9. The lowest BCUT2D eigenvalue weighted by Crippen LogP contribution is -2.22. The number of hydrogen-bond acceptors (Lipinski definition) is 4. The maximum Gasteiger partial charge on any atom is 0.243 e. The van der Waals surface area contributed by atoms with Crippen LogP contribution in [0.4, 0.5) is 0 Å². The summed E-state index contributed by atoms with van der Waals surface area (Å²) in [6.07, 6.45) is 2.78. The number of hydrogen-bond donors (Lipinski definition) is 2. The minimum atomic E-state index is -3.51. The van der Waals surface area contributed by atoms with E-state index in [0.29, 0.717) is 6.54 Å². The van der Waals surface area contributed by atoms with Crippen LogP contribution in [-0.2, 0) is 30.2 Å². The van der Waals surface area contributed by atoms with Gasteiger partial charge in [-0.2, -0.15) is 5.10 Å². The smallest absolute Gasteiger partial charge is 0.243 e. The molecule has 0 fully saturated rings. The Kier molecular flexibility index (Phi) is 3.98. The van der Waals surface area contributed by atoms with Crippen LogP contribution < -0.4 is 10.5 Å². The first-order valence-corrected chi connectivity index (χ1v) is 7.26. The molecule has 19 heavy (non-hydrogen) atoms. The molecule has 1 aromatic heterocycles. The standard InChI is InChI=1S/C12H16N4O2S/c1-16-9-12(8-14-16)19(17,18)15-7-11-4-2-10(6-13)3-5-11/h2-5,8-9,15H,6-7,13H2,1H3. The average Bonchev–Trinajstić information content (AvgIpc) is 2.85. The van der Waals surface area contributed by atoms with E-state index in [9.17, 15) is 8.42 Å². The van der Waals surface area contributed by atoms with Gasteiger partial charge in [-0.15, -0.1) is 0 Å². The van der Waals surface area contributed by atoms with Crippen molar-refractivity contribution in [3.63, 3.8) is 0 Å². The first-order chi connectivity index (χ1) is 9.01. The Morgan fingerprint density at radius 1 is 1.26 bits per heavy atom. The van der Waals surface area contributed by atoms with E-state index in [0.717, 1.165) is 11.1 Å². The molecule has 2 rings (SSSR count). The lowest BCUT2D eigenvalue weighted by atomic mass is 10.1. The fourth-order valence-electron chi connectivity index (χ4n) is 1.59. The first kappa shape index (κ1) is 13.7. The fourth-order valence-corrected chi connectivity index (χ4v) is 2.59. The summed E-state index contributed by atoms with van der Waals surface area (Å²) in [6.45, 7) is 0.712. The molecule has 2 aromatic rings. The predicted molar refractivity (Wildman–Crippen MR) is 71.6 cm³/mol. The second-order valence-corrected chi connectivity index (χ2v) is 5.96.